The molecule has 0 unspecified atom stereocenters. The molecule has 0 bridgehead atoms. The van der Waals surface area contributed by atoms with Crippen LogP contribution in [0.5, 0.6) is 11.5 Å². The average molecular weight is 387 g/mol. The van der Waals surface area contributed by atoms with E-state index in [2.05, 4.69) is 15.9 Å². The van der Waals surface area contributed by atoms with E-state index in [4.69, 9.17) is 9.47 Å². The first kappa shape index (κ1) is 19.6. The Hall–Kier alpha value is -1.75. The minimum Gasteiger partial charge on any atom is -0.490 e. The third-order valence-corrected chi connectivity index (χ3v) is 6.41. The third kappa shape index (κ3) is 5.19. The van der Waals surface area contributed by atoms with Gasteiger partial charge in [0.1, 0.15) is 0 Å². The lowest BCUT2D eigenvalue weighted by molar-refractivity contribution is -0.133. The highest BCUT2D eigenvalue weighted by atomic mass is 16.5. The number of rotatable bonds is 5. The number of hydrogen-bond acceptors (Lipinski definition) is 4. The van der Waals surface area contributed by atoms with E-state index in [1.807, 2.05) is 12.1 Å². The van der Waals surface area contributed by atoms with Crippen LogP contribution in [0.15, 0.2) is 18.2 Å². The van der Waals surface area contributed by atoms with Crippen molar-refractivity contribution in [3.8, 4) is 11.5 Å². The van der Waals surface area contributed by atoms with Crippen LogP contribution in [-0.4, -0.2) is 61.6 Å². The quantitative estimate of drug-likeness (QED) is 0.777. The van der Waals surface area contributed by atoms with Gasteiger partial charge in [-0.15, -0.1) is 0 Å². The molecule has 0 radical (unpaired) electrons. The molecule has 4 rings (SSSR count). The van der Waals surface area contributed by atoms with Gasteiger partial charge in [-0.05, 0) is 42.9 Å². The molecule has 0 N–H and O–H groups in total. The van der Waals surface area contributed by atoms with Crippen LogP contribution in [0.4, 0.5) is 0 Å². The Morgan fingerprint density at radius 3 is 2.46 bits per heavy atom. The normalized spacial score (nSPS) is 21.4. The van der Waals surface area contributed by atoms with Gasteiger partial charge in [0.25, 0.3) is 0 Å². The van der Waals surface area contributed by atoms with Crippen molar-refractivity contribution >= 4 is 5.91 Å². The molecule has 0 atom stereocenters. The summed E-state index contributed by atoms with van der Waals surface area (Å²) in [6, 6.07) is 6.07. The van der Waals surface area contributed by atoms with Gasteiger partial charge in [0, 0.05) is 45.6 Å². The Morgan fingerprint density at radius 2 is 1.68 bits per heavy atom. The fraction of sp³-hybridized carbons (Fsp3) is 0.696. The number of ether oxygens (including phenoxy) is 2. The Bertz CT molecular complexity index is 649. The number of benzene rings is 1. The highest BCUT2D eigenvalue weighted by Gasteiger charge is 2.23. The molecule has 1 saturated heterocycles. The van der Waals surface area contributed by atoms with Crippen molar-refractivity contribution in [2.75, 3.05) is 45.9 Å². The van der Waals surface area contributed by atoms with Gasteiger partial charge in [-0.2, -0.15) is 0 Å². The summed E-state index contributed by atoms with van der Waals surface area (Å²) in [4.78, 5) is 17.3. The molecule has 2 fully saturated rings. The Balaban J connectivity index is 1.21. The Morgan fingerprint density at radius 1 is 0.929 bits per heavy atom. The van der Waals surface area contributed by atoms with Crippen LogP contribution in [0.3, 0.4) is 0 Å². The second-order valence-corrected chi connectivity index (χ2v) is 8.52. The van der Waals surface area contributed by atoms with Crippen LogP contribution < -0.4 is 9.47 Å². The maximum absolute atomic E-state index is 12.7. The van der Waals surface area contributed by atoms with Gasteiger partial charge in [0.05, 0.1) is 13.2 Å². The van der Waals surface area contributed by atoms with E-state index in [9.17, 15) is 4.79 Å². The fourth-order valence-electron chi connectivity index (χ4n) is 4.69. The summed E-state index contributed by atoms with van der Waals surface area (Å²) >= 11 is 0. The zero-order chi connectivity index (χ0) is 19.2. The van der Waals surface area contributed by atoms with E-state index >= 15 is 0 Å². The summed E-state index contributed by atoms with van der Waals surface area (Å²) in [5.41, 5.74) is 1.15. The smallest absolute Gasteiger partial charge is 0.222 e. The minimum absolute atomic E-state index is 0.282. The molecule has 28 heavy (non-hydrogen) atoms. The molecule has 154 valence electrons. The van der Waals surface area contributed by atoms with Crippen LogP contribution in [0.1, 0.15) is 50.5 Å². The molecule has 1 aromatic rings. The molecule has 0 aromatic heterocycles. The molecule has 0 spiro atoms. The summed E-state index contributed by atoms with van der Waals surface area (Å²) < 4.78 is 11.4. The van der Waals surface area contributed by atoms with Crippen molar-refractivity contribution in [2.45, 2.75) is 51.4 Å². The number of aryl methyl sites for hydroxylation is 1. The van der Waals surface area contributed by atoms with E-state index in [0.717, 1.165) is 62.0 Å². The maximum atomic E-state index is 12.7. The van der Waals surface area contributed by atoms with E-state index in [0.29, 0.717) is 19.6 Å². The monoisotopic (exact) mass is 386 g/mol. The molecule has 1 saturated carbocycles. The Labute approximate surface area is 169 Å². The summed E-state index contributed by atoms with van der Waals surface area (Å²) in [6.45, 7) is 6.47. The fourth-order valence-corrected chi connectivity index (χ4v) is 4.69. The molecule has 5 heteroatoms. The van der Waals surface area contributed by atoms with Crippen molar-refractivity contribution in [3.05, 3.63) is 23.8 Å². The SMILES string of the molecule is O=C(CCc1ccc2c(c1)OCCCO2)N1CCN(CC2CCCCC2)CC1. The summed E-state index contributed by atoms with van der Waals surface area (Å²) in [7, 11) is 0. The predicted octanol–water partition coefficient (Wildman–Crippen LogP) is 3.51. The molecule has 5 nitrogen and oxygen atoms in total. The van der Waals surface area contributed by atoms with Crippen LogP contribution in [0.25, 0.3) is 0 Å². The number of piperazine rings is 1. The van der Waals surface area contributed by atoms with Crippen molar-refractivity contribution in [1.29, 1.82) is 0 Å². The highest BCUT2D eigenvalue weighted by Crippen LogP contribution is 2.31. The van der Waals surface area contributed by atoms with Gasteiger partial charge in [-0.3, -0.25) is 9.69 Å². The van der Waals surface area contributed by atoms with E-state index in [1.54, 1.807) is 0 Å². The van der Waals surface area contributed by atoms with E-state index in [-0.39, 0.29) is 5.91 Å². The number of hydrogen-bond donors (Lipinski definition) is 0. The van der Waals surface area contributed by atoms with Crippen molar-refractivity contribution in [1.82, 2.24) is 9.80 Å². The molecule has 2 heterocycles. The van der Waals surface area contributed by atoms with E-state index in [1.165, 1.54) is 38.6 Å². The van der Waals surface area contributed by atoms with Gasteiger partial charge in [0.2, 0.25) is 5.91 Å². The molecule has 1 amide bonds. The lowest BCUT2D eigenvalue weighted by atomic mass is 9.89. The predicted molar refractivity (Wildman–Crippen MR) is 110 cm³/mol. The lowest BCUT2D eigenvalue weighted by Gasteiger charge is -2.37. The highest BCUT2D eigenvalue weighted by molar-refractivity contribution is 5.76. The standard InChI is InChI=1S/C23H34N2O3/c26-23(10-8-19-7-9-21-22(17-19)28-16-4-15-27-21)25-13-11-24(12-14-25)18-20-5-2-1-3-6-20/h7,9,17,20H,1-6,8,10-16,18H2. The number of fused-ring (bicyclic) bond motifs is 1. The van der Waals surface area contributed by atoms with Crippen LogP contribution >= 0.6 is 0 Å². The summed E-state index contributed by atoms with van der Waals surface area (Å²) in [5.74, 6) is 2.81. The number of carbonyl (C=O) groups is 1. The van der Waals surface area contributed by atoms with E-state index < -0.39 is 0 Å². The third-order valence-electron chi connectivity index (χ3n) is 6.41. The topological polar surface area (TPSA) is 42.0 Å². The van der Waals surface area contributed by atoms with Gasteiger partial charge in [-0.25, -0.2) is 0 Å². The molecular formula is C23H34N2O3. The number of nitrogens with zero attached hydrogens (tertiary/aromatic N) is 2. The van der Waals surface area contributed by atoms with Crippen LogP contribution in [0.2, 0.25) is 0 Å². The summed E-state index contributed by atoms with van der Waals surface area (Å²) in [6.07, 6.45) is 9.27. The van der Waals surface area contributed by atoms with Gasteiger partial charge < -0.3 is 14.4 Å². The van der Waals surface area contributed by atoms with Crippen molar-refractivity contribution < 1.29 is 14.3 Å². The van der Waals surface area contributed by atoms with Gasteiger partial charge in [0.15, 0.2) is 11.5 Å². The second kappa shape index (κ2) is 9.64. The average Bonchev–Trinajstić information content (AvgIpc) is 2.98. The maximum Gasteiger partial charge on any atom is 0.222 e. The van der Waals surface area contributed by atoms with Gasteiger partial charge >= 0.3 is 0 Å². The first-order valence-corrected chi connectivity index (χ1v) is 11.2. The largest absolute Gasteiger partial charge is 0.490 e. The lowest BCUT2D eigenvalue weighted by Crippen LogP contribution is -2.49. The molecule has 1 aliphatic carbocycles. The second-order valence-electron chi connectivity index (χ2n) is 8.52. The van der Waals surface area contributed by atoms with Crippen molar-refractivity contribution in [2.24, 2.45) is 5.92 Å². The molecule has 2 aliphatic heterocycles. The molecule has 1 aromatic carbocycles. The number of carbonyl (C=O) groups excluding carboxylic acids is 1. The zero-order valence-electron chi connectivity index (χ0n) is 17.0. The summed E-state index contributed by atoms with van der Waals surface area (Å²) in [5, 5.41) is 0. The minimum atomic E-state index is 0.282. The van der Waals surface area contributed by atoms with Crippen LogP contribution in [-0.2, 0) is 11.2 Å². The molecular weight excluding hydrogens is 352 g/mol. The zero-order valence-corrected chi connectivity index (χ0v) is 17.0. The molecule has 3 aliphatic rings. The van der Waals surface area contributed by atoms with Crippen LogP contribution in [0, 0.1) is 5.92 Å². The first-order valence-electron chi connectivity index (χ1n) is 11.2. The first-order chi connectivity index (χ1) is 13.8. The van der Waals surface area contributed by atoms with Crippen molar-refractivity contribution in [3.63, 3.8) is 0 Å². The Kier molecular flexibility index (Phi) is 6.73. The number of amides is 1. The van der Waals surface area contributed by atoms with Gasteiger partial charge in [-0.1, -0.05) is 25.3 Å².